The van der Waals surface area contributed by atoms with Gasteiger partial charge in [-0.25, -0.2) is 4.79 Å². The van der Waals surface area contributed by atoms with Gasteiger partial charge in [0, 0.05) is 17.4 Å². The summed E-state index contributed by atoms with van der Waals surface area (Å²) >= 11 is 0. The Morgan fingerprint density at radius 1 is 1.54 bits per heavy atom. The molecule has 0 saturated carbocycles. The molecule has 0 aliphatic rings. The Labute approximate surface area is 76.5 Å². The largest absolute Gasteiger partial charge is 0.466 e. The number of nitro groups is 1. The first kappa shape index (κ1) is 11.6. The van der Waals surface area contributed by atoms with Crippen molar-refractivity contribution in [2.45, 2.75) is 19.3 Å². The van der Waals surface area contributed by atoms with Crippen LogP contribution in [0.5, 0.6) is 0 Å². The maximum absolute atomic E-state index is 10.5. The molecule has 0 fully saturated rings. The molecule has 0 unspecified atom stereocenters. The van der Waals surface area contributed by atoms with Gasteiger partial charge in [-0.3, -0.25) is 10.1 Å². The van der Waals surface area contributed by atoms with E-state index in [1.165, 1.54) is 13.2 Å². The lowest BCUT2D eigenvalue weighted by atomic mass is 10.2. The van der Waals surface area contributed by atoms with Gasteiger partial charge in [-0.05, 0) is 12.8 Å². The van der Waals surface area contributed by atoms with Gasteiger partial charge in [0.05, 0.1) is 7.11 Å². The van der Waals surface area contributed by atoms with Crippen molar-refractivity contribution in [1.29, 1.82) is 0 Å². The van der Waals surface area contributed by atoms with Crippen LogP contribution in [-0.4, -0.2) is 24.5 Å². The highest BCUT2D eigenvalue weighted by Crippen LogP contribution is 1.96. The Kier molecular flexibility index (Phi) is 6.49. The number of unbranched alkanes of at least 4 members (excludes halogenated alkanes) is 2. The molecule has 5 heteroatoms. The van der Waals surface area contributed by atoms with Crippen molar-refractivity contribution in [3.8, 4) is 0 Å². The number of hydrogen-bond donors (Lipinski definition) is 0. The van der Waals surface area contributed by atoms with Crippen LogP contribution in [-0.2, 0) is 9.53 Å². The summed E-state index contributed by atoms with van der Waals surface area (Å²) < 4.78 is 4.36. The molecule has 74 valence electrons. The van der Waals surface area contributed by atoms with Gasteiger partial charge in [0.25, 0.3) is 0 Å². The van der Waals surface area contributed by atoms with Gasteiger partial charge < -0.3 is 4.74 Å². The van der Waals surface area contributed by atoms with Crippen molar-refractivity contribution >= 4 is 5.97 Å². The average Bonchev–Trinajstić information content (AvgIpc) is 2.10. The van der Waals surface area contributed by atoms with Crippen molar-refractivity contribution in [3.05, 3.63) is 22.3 Å². The number of carbonyl (C=O) groups excluding carboxylic acids is 1. The summed E-state index contributed by atoms with van der Waals surface area (Å²) in [6.07, 6.45) is 4.91. The van der Waals surface area contributed by atoms with E-state index in [1.807, 2.05) is 0 Å². The molecule has 0 aromatic heterocycles. The van der Waals surface area contributed by atoms with Gasteiger partial charge in [-0.15, -0.1) is 0 Å². The molecule has 0 aliphatic heterocycles. The molecule has 0 heterocycles. The quantitative estimate of drug-likeness (QED) is 0.206. The van der Waals surface area contributed by atoms with E-state index in [1.54, 1.807) is 6.08 Å². The van der Waals surface area contributed by atoms with Crippen LogP contribution >= 0.6 is 0 Å². The molecule has 0 N–H and O–H groups in total. The molecule has 0 aliphatic carbocycles. The van der Waals surface area contributed by atoms with E-state index in [0.717, 1.165) is 0 Å². The van der Waals surface area contributed by atoms with Gasteiger partial charge in [0.2, 0.25) is 6.54 Å². The second-order valence-corrected chi connectivity index (χ2v) is 2.48. The smallest absolute Gasteiger partial charge is 0.330 e. The van der Waals surface area contributed by atoms with Crippen molar-refractivity contribution in [2.75, 3.05) is 13.7 Å². The van der Waals surface area contributed by atoms with Crippen LogP contribution < -0.4 is 0 Å². The summed E-state index contributed by atoms with van der Waals surface area (Å²) in [5.74, 6) is -0.394. The molecular weight excluding hydrogens is 174 g/mol. The first-order valence-corrected chi connectivity index (χ1v) is 4.03. The third kappa shape index (κ3) is 8.52. The molecule has 0 bridgehead atoms. The highest BCUT2D eigenvalue weighted by atomic mass is 16.6. The van der Waals surface area contributed by atoms with Gasteiger partial charge in [-0.1, -0.05) is 6.08 Å². The minimum absolute atomic E-state index is 0.00787. The third-order valence-electron chi connectivity index (χ3n) is 1.42. The predicted molar refractivity (Wildman–Crippen MR) is 46.9 cm³/mol. The van der Waals surface area contributed by atoms with Crippen molar-refractivity contribution < 1.29 is 14.5 Å². The number of hydrogen-bond acceptors (Lipinski definition) is 4. The Morgan fingerprint density at radius 2 is 2.23 bits per heavy atom. The summed E-state index contributed by atoms with van der Waals surface area (Å²) in [4.78, 5) is 20.1. The van der Waals surface area contributed by atoms with Crippen molar-refractivity contribution in [2.24, 2.45) is 0 Å². The van der Waals surface area contributed by atoms with Crippen LogP contribution in [0.1, 0.15) is 19.3 Å². The van der Waals surface area contributed by atoms with Crippen LogP contribution in [0.4, 0.5) is 0 Å². The lowest BCUT2D eigenvalue weighted by Crippen LogP contribution is -1.99. The fourth-order valence-electron chi connectivity index (χ4n) is 0.751. The first-order valence-electron chi connectivity index (χ1n) is 4.03. The summed E-state index contributed by atoms with van der Waals surface area (Å²) in [5, 5.41) is 9.90. The molecule has 0 atom stereocenters. The number of allylic oxidation sites excluding steroid dienone is 1. The molecule has 0 rings (SSSR count). The SMILES string of the molecule is COC(=O)/C=C/CCCC[N+](=O)[O-]. The Balaban J connectivity index is 3.30. The summed E-state index contributed by atoms with van der Waals surface area (Å²) in [6.45, 7) is -0.00787. The standard InChI is InChI=1S/C8H13NO4/c1-13-8(10)6-4-2-3-5-7-9(11)12/h4,6H,2-3,5,7H2,1H3/b6-4+. The van der Waals surface area contributed by atoms with Gasteiger partial charge in [0.15, 0.2) is 0 Å². The number of nitrogens with zero attached hydrogens (tertiary/aromatic N) is 1. The fraction of sp³-hybridized carbons (Fsp3) is 0.625. The zero-order valence-electron chi connectivity index (χ0n) is 7.56. The number of rotatable bonds is 6. The van der Waals surface area contributed by atoms with Gasteiger partial charge in [0.1, 0.15) is 0 Å². The van der Waals surface area contributed by atoms with E-state index in [4.69, 9.17) is 0 Å². The summed E-state index contributed by atoms with van der Waals surface area (Å²) in [5.41, 5.74) is 0. The van der Waals surface area contributed by atoms with Crippen LogP contribution in [0.2, 0.25) is 0 Å². The van der Waals surface area contributed by atoms with E-state index in [2.05, 4.69) is 4.74 Å². The second kappa shape index (κ2) is 7.27. The topological polar surface area (TPSA) is 69.4 Å². The van der Waals surface area contributed by atoms with Crippen LogP contribution in [0.25, 0.3) is 0 Å². The zero-order chi connectivity index (χ0) is 10.1. The van der Waals surface area contributed by atoms with Gasteiger partial charge >= 0.3 is 5.97 Å². The Hall–Kier alpha value is -1.39. The normalized spacial score (nSPS) is 10.2. The maximum Gasteiger partial charge on any atom is 0.330 e. The van der Waals surface area contributed by atoms with E-state index in [0.29, 0.717) is 19.3 Å². The summed E-state index contributed by atoms with van der Waals surface area (Å²) in [7, 11) is 1.30. The Bertz CT molecular complexity index is 200. The third-order valence-corrected chi connectivity index (χ3v) is 1.42. The van der Waals surface area contributed by atoms with E-state index < -0.39 is 5.97 Å². The molecule has 13 heavy (non-hydrogen) atoms. The fourth-order valence-corrected chi connectivity index (χ4v) is 0.751. The lowest BCUT2D eigenvalue weighted by molar-refractivity contribution is -0.480. The van der Waals surface area contributed by atoms with Crippen LogP contribution in [0.3, 0.4) is 0 Å². The minimum Gasteiger partial charge on any atom is -0.466 e. The van der Waals surface area contributed by atoms with Crippen LogP contribution in [0.15, 0.2) is 12.2 Å². The van der Waals surface area contributed by atoms with Crippen molar-refractivity contribution in [3.63, 3.8) is 0 Å². The van der Waals surface area contributed by atoms with Crippen LogP contribution in [0, 0.1) is 10.1 Å². The van der Waals surface area contributed by atoms with Crippen molar-refractivity contribution in [1.82, 2.24) is 0 Å². The molecule has 0 spiro atoms. The Morgan fingerprint density at radius 3 is 2.77 bits per heavy atom. The van der Waals surface area contributed by atoms with E-state index >= 15 is 0 Å². The highest BCUT2D eigenvalue weighted by Gasteiger charge is 1.95. The number of carbonyl (C=O) groups is 1. The molecule has 0 aromatic carbocycles. The zero-order valence-corrected chi connectivity index (χ0v) is 7.56. The lowest BCUT2D eigenvalue weighted by Gasteiger charge is -1.92. The highest BCUT2D eigenvalue weighted by molar-refractivity contribution is 5.81. The second-order valence-electron chi connectivity index (χ2n) is 2.48. The molecule has 5 nitrogen and oxygen atoms in total. The van der Waals surface area contributed by atoms with E-state index in [-0.39, 0.29) is 11.5 Å². The average molecular weight is 187 g/mol. The number of esters is 1. The number of ether oxygens (including phenoxy) is 1. The summed E-state index contributed by atoms with van der Waals surface area (Å²) in [6, 6.07) is 0. The maximum atomic E-state index is 10.5. The molecular formula is C8H13NO4. The minimum atomic E-state index is -0.394. The molecule has 0 amide bonds. The monoisotopic (exact) mass is 187 g/mol. The molecule has 0 aromatic rings. The number of methoxy groups -OCH3 is 1. The van der Waals surface area contributed by atoms with Gasteiger partial charge in [-0.2, -0.15) is 0 Å². The predicted octanol–water partition coefficient (Wildman–Crippen LogP) is 1.16. The van der Waals surface area contributed by atoms with E-state index in [9.17, 15) is 14.9 Å². The molecule has 0 saturated heterocycles. The molecule has 0 radical (unpaired) electrons. The first-order chi connectivity index (χ1) is 6.16.